The third kappa shape index (κ3) is 3.95. The quantitative estimate of drug-likeness (QED) is 0.685. The lowest BCUT2D eigenvalue weighted by molar-refractivity contribution is -0.195. The number of nitrogens with zero attached hydrogens (tertiary/aromatic N) is 1. The first-order valence-electron chi connectivity index (χ1n) is 4.08. The Bertz CT molecular complexity index is 147. The van der Waals surface area contributed by atoms with E-state index in [-0.39, 0.29) is 12.6 Å². The predicted octanol–water partition coefficient (Wildman–Crippen LogP) is 1.90. The number of alkyl halides is 3. The number of rotatable bonds is 4. The lowest BCUT2D eigenvalue weighted by Gasteiger charge is -2.32. The molecular formula is C8H16F3NO. The number of hydrogen-bond donors (Lipinski definition) is 0. The third-order valence-corrected chi connectivity index (χ3v) is 2.01. The minimum absolute atomic E-state index is 0.151. The van der Waals surface area contributed by atoms with Gasteiger partial charge in [-0.2, -0.15) is 13.2 Å². The second-order valence-corrected chi connectivity index (χ2v) is 3.27. The molecule has 0 spiro atoms. The van der Waals surface area contributed by atoms with E-state index in [1.165, 1.54) is 19.1 Å². The van der Waals surface area contributed by atoms with Gasteiger partial charge in [0, 0.05) is 13.2 Å². The molecule has 0 aliphatic rings. The topological polar surface area (TPSA) is 12.5 Å². The summed E-state index contributed by atoms with van der Waals surface area (Å²) in [5, 5.41) is 0. The predicted molar refractivity (Wildman–Crippen MR) is 44.6 cm³/mol. The van der Waals surface area contributed by atoms with Crippen molar-refractivity contribution in [2.24, 2.45) is 0 Å². The number of likely N-dealkylation sites (N-methyl/N-ethyl adjacent to an activating group) is 1. The van der Waals surface area contributed by atoms with Gasteiger partial charge in [0.25, 0.3) is 0 Å². The summed E-state index contributed by atoms with van der Waals surface area (Å²) >= 11 is 0. The average molecular weight is 199 g/mol. The first kappa shape index (κ1) is 12.7. The van der Waals surface area contributed by atoms with Gasteiger partial charge in [-0.3, -0.25) is 4.90 Å². The fourth-order valence-corrected chi connectivity index (χ4v) is 0.961. The molecule has 0 amide bonds. The molecule has 1 unspecified atom stereocenters. The molecule has 80 valence electrons. The molecule has 1 atom stereocenters. The standard InChI is InChI=1S/C8H16F3NO/c1-6(2)12(3)7(5-13-4)8(9,10)11/h6-7H,5H2,1-4H3. The molecule has 0 fully saturated rings. The SMILES string of the molecule is COCC(N(C)C(C)C)C(F)(F)F. The van der Waals surface area contributed by atoms with Crippen molar-refractivity contribution in [1.82, 2.24) is 4.90 Å². The minimum Gasteiger partial charge on any atom is -0.383 e. The van der Waals surface area contributed by atoms with Crippen molar-refractivity contribution in [2.75, 3.05) is 20.8 Å². The largest absolute Gasteiger partial charge is 0.406 e. The van der Waals surface area contributed by atoms with Gasteiger partial charge in [-0.15, -0.1) is 0 Å². The zero-order valence-electron chi connectivity index (χ0n) is 8.35. The molecule has 0 aromatic heterocycles. The lowest BCUT2D eigenvalue weighted by Crippen LogP contribution is -2.49. The second-order valence-electron chi connectivity index (χ2n) is 3.27. The van der Waals surface area contributed by atoms with Gasteiger partial charge in [0.2, 0.25) is 0 Å². The van der Waals surface area contributed by atoms with E-state index >= 15 is 0 Å². The van der Waals surface area contributed by atoms with Gasteiger partial charge in [0.15, 0.2) is 0 Å². The molecule has 13 heavy (non-hydrogen) atoms. The van der Waals surface area contributed by atoms with Crippen LogP contribution in [-0.4, -0.2) is 43.9 Å². The summed E-state index contributed by atoms with van der Waals surface area (Å²) in [6, 6.07) is -1.67. The molecule has 2 nitrogen and oxygen atoms in total. The number of ether oxygens (including phenoxy) is 1. The smallest absolute Gasteiger partial charge is 0.383 e. The Morgan fingerprint density at radius 3 is 2.00 bits per heavy atom. The molecule has 0 heterocycles. The summed E-state index contributed by atoms with van der Waals surface area (Å²) in [7, 11) is 2.72. The van der Waals surface area contributed by atoms with Crippen LogP contribution >= 0.6 is 0 Å². The molecular weight excluding hydrogens is 183 g/mol. The van der Waals surface area contributed by atoms with Crippen LogP contribution in [0.3, 0.4) is 0 Å². The van der Waals surface area contributed by atoms with Crippen LogP contribution in [-0.2, 0) is 4.74 Å². The maximum absolute atomic E-state index is 12.4. The van der Waals surface area contributed by atoms with E-state index in [0.717, 1.165) is 0 Å². The Morgan fingerprint density at radius 2 is 1.77 bits per heavy atom. The van der Waals surface area contributed by atoms with Gasteiger partial charge in [-0.25, -0.2) is 0 Å². The van der Waals surface area contributed by atoms with Crippen LogP contribution in [0.5, 0.6) is 0 Å². The molecule has 0 aromatic rings. The Balaban J connectivity index is 4.41. The zero-order valence-corrected chi connectivity index (χ0v) is 8.35. The normalized spacial score (nSPS) is 15.5. The molecule has 0 N–H and O–H groups in total. The van der Waals surface area contributed by atoms with Crippen LogP contribution < -0.4 is 0 Å². The van der Waals surface area contributed by atoms with Crippen LogP contribution in [0.15, 0.2) is 0 Å². The number of halogens is 3. The van der Waals surface area contributed by atoms with E-state index in [1.807, 2.05) is 0 Å². The summed E-state index contributed by atoms with van der Waals surface area (Å²) in [4.78, 5) is 1.25. The fourth-order valence-electron chi connectivity index (χ4n) is 0.961. The van der Waals surface area contributed by atoms with E-state index in [9.17, 15) is 13.2 Å². The van der Waals surface area contributed by atoms with Crippen molar-refractivity contribution in [3.8, 4) is 0 Å². The summed E-state index contributed by atoms with van der Waals surface area (Å²) in [5.41, 5.74) is 0. The molecule has 0 rings (SSSR count). The van der Waals surface area contributed by atoms with Crippen LogP contribution in [0.25, 0.3) is 0 Å². The van der Waals surface area contributed by atoms with Crippen LogP contribution in [0.1, 0.15) is 13.8 Å². The van der Waals surface area contributed by atoms with Gasteiger partial charge < -0.3 is 4.74 Å². The summed E-state index contributed by atoms with van der Waals surface area (Å²) in [6.07, 6.45) is -4.23. The Morgan fingerprint density at radius 1 is 1.31 bits per heavy atom. The van der Waals surface area contributed by atoms with Gasteiger partial charge in [-0.05, 0) is 20.9 Å². The van der Waals surface area contributed by atoms with Crippen LogP contribution in [0.4, 0.5) is 13.2 Å². The van der Waals surface area contributed by atoms with Gasteiger partial charge in [-0.1, -0.05) is 0 Å². The Hall–Kier alpha value is -0.290. The number of methoxy groups -OCH3 is 1. The van der Waals surface area contributed by atoms with Crippen molar-refractivity contribution in [1.29, 1.82) is 0 Å². The Labute approximate surface area is 76.7 Å². The zero-order chi connectivity index (χ0) is 10.6. The average Bonchev–Trinajstić information content (AvgIpc) is 1.96. The minimum atomic E-state index is -4.23. The summed E-state index contributed by atoms with van der Waals surface area (Å²) < 4.78 is 41.7. The van der Waals surface area contributed by atoms with Gasteiger partial charge in [0.05, 0.1) is 6.61 Å². The van der Waals surface area contributed by atoms with Crippen molar-refractivity contribution in [3.63, 3.8) is 0 Å². The van der Waals surface area contributed by atoms with E-state index in [2.05, 4.69) is 4.74 Å². The maximum atomic E-state index is 12.4. The van der Waals surface area contributed by atoms with Crippen molar-refractivity contribution in [2.45, 2.75) is 32.1 Å². The molecule has 0 bridgehead atoms. The Kier molecular flexibility index (Phi) is 4.70. The van der Waals surface area contributed by atoms with Gasteiger partial charge in [0.1, 0.15) is 6.04 Å². The lowest BCUT2D eigenvalue weighted by atomic mass is 10.2. The summed E-state index contributed by atoms with van der Waals surface area (Å²) in [5.74, 6) is 0. The molecule has 5 heteroatoms. The van der Waals surface area contributed by atoms with Gasteiger partial charge >= 0.3 is 6.18 Å². The first-order valence-corrected chi connectivity index (χ1v) is 4.08. The molecule has 0 saturated heterocycles. The van der Waals surface area contributed by atoms with E-state index in [1.54, 1.807) is 13.8 Å². The highest BCUT2D eigenvalue weighted by Crippen LogP contribution is 2.25. The van der Waals surface area contributed by atoms with E-state index in [0.29, 0.717) is 0 Å². The van der Waals surface area contributed by atoms with E-state index in [4.69, 9.17) is 0 Å². The highest BCUT2D eigenvalue weighted by Gasteiger charge is 2.42. The highest BCUT2D eigenvalue weighted by atomic mass is 19.4. The number of hydrogen-bond acceptors (Lipinski definition) is 2. The molecule has 0 aliphatic heterocycles. The van der Waals surface area contributed by atoms with E-state index < -0.39 is 12.2 Å². The van der Waals surface area contributed by atoms with Crippen molar-refractivity contribution < 1.29 is 17.9 Å². The van der Waals surface area contributed by atoms with Crippen LogP contribution in [0, 0.1) is 0 Å². The third-order valence-electron chi connectivity index (χ3n) is 2.01. The monoisotopic (exact) mass is 199 g/mol. The molecule has 0 aromatic carbocycles. The fraction of sp³-hybridized carbons (Fsp3) is 1.00. The van der Waals surface area contributed by atoms with Crippen molar-refractivity contribution in [3.05, 3.63) is 0 Å². The molecule has 0 saturated carbocycles. The molecule has 0 aliphatic carbocycles. The van der Waals surface area contributed by atoms with Crippen LogP contribution in [0.2, 0.25) is 0 Å². The maximum Gasteiger partial charge on any atom is 0.406 e. The summed E-state index contributed by atoms with van der Waals surface area (Å²) in [6.45, 7) is 3.11. The van der Waals surface area contributed by atoms with Crippen molar-refractivity contribution >= 4 is 0 Å². The second kappa shape index (κ2) is 4.81. The first-order chi connectivity index (χ1) is 5.80. The molecule has 0 radical (unpaired) electrons. The highest BCUT2D eigenvalue weighted by molar-refractivity contribution is 4.78.